The van der Waals surface area contributed by atoms with Gasteiger partial charge in [-0.1, -0.05) is 12.1 Å². The molecule has 146 valence electrons. The van der Waals surface area contributed by atoms with Gasteiger partial charge in [0.25, 0.3) is 0 Å². The molecule has 10 heteroatoms. The number of benzene rings is 1. The fraction of sp³-hybridized carbons (Fsp3) is 0.471. The second kappa shape index (κ2) is 8.13. The van der Waals surface area contributed by atoms with E-state index in [1.54, 1.807) is 4.90 Å². The van der Waals surface area contributed by atoms with Gasteiger partial charge < -0.3 is 9.80 Å². The summed E-state index contributed by atoms with van der Waals surface area (Å²) in [5.41, 5.74) is 0. The van der Waals surface area contributed by atoms with Crippen LogP contribution in [0.4, 0.5) is 16.3 Å². The van der Waals surface area contributed by atoms with E-state index in [0.717, 1.165) is 32.0 Å². The minimum absolute atomic E-state index is 0.152. The predicted octanol–water partition coefficient (Wildman–Crippen LogP) is 1.55. The molecule has 0 aliphatic carbocycles. The Bertz CT molecular complexity index is 900. The molecule has 1 fully saturated rings. The van der Waals surface area contributed by atoms with Crippen molar-refractivity contribution < 1.29 is 12.8 Å². The minimum atomic E-state index is -4.01. The summed E-state index contributed by atoms with van der Waals surface area (Å²) in [7, 11) is -0.396. The van der Waals surface area contributed by atoms with Crippen LogP contribution in [0.1, 0.15) is 25.1 Å². The van der Waals surface area contributed by atoms with E-state index in [4.69, 9.17) is 0 Å². The SMILES string of the molecule is CN(C)c1nc(CNS(=O)(=O)c2ccccc2F)nc(N2CCCCC2)n1. The fourth-order valence-electron chi connectivity index (χ4n) is 2.81. The van der Waals surface area contributed by atoms with Crippen LogP contribution in [0.2, 0.25) is 0 Å². The van der Waals surface area contributed by atoms with E-state index in [1.165, 1.54) is 24.6 Å². The molecule has 3 rings (SSSR count). The van der Waals surface area contributed by atoms with E-state index >= 15 is 0 Å². The quantitative estimate of drug-likeness (QED) is 0.795. The van der Waals surface area contributed by atoms with Gasteiger partial charge in [0.1, 0.15) is 10.7 Å². The van der Waals surface area contributed by atoms with Crippen LogP contribution in [-0.4, -0.2) is 50.6 Å². The van der Waals surface area contributed by atoms with E-state index < -0.39 is 20.7 Å². The van der Waals surface area contributed by atoms with Gasteiger partial charge in [0, 0.05) is 27.2 Å². The second-order valence-electron chi connectivity index (χ2n) is 6.55. The van der Waals surface area contributed by atoms with Gasteiger partial charge in [-0.25, -0.2) is 17.5 Å². The van der Waals surface area contributed by atoms with Crippen LogP contribution in [0.15, 0.2) is 29.2 Å². The second-order valence-corrected chi connectivity index (χ2v) is 8.28. The van der Waals surface area contributed by atoms with Crippen LogP contribution in [0.3, 0.4) is 0 Å². The molecule has 0 amide bonds. The molecular formula is C17H23FN6O2S. The topological polar surface area (TPSA) is 91.3 Å². The summed E-state index contributed by atoms with van der Waals surface area (Å²) in [5, 5.41) is 0. The molecule has 8 nitrogen and oxygen atoms in total. The molecule has 0 radical (unpaired) electrons. The molecule has 0 atom stereocenters. The van der Waals surface area contributed by atoms with E-state index in [1.807, 2.05) is 14.1 Å². The number of halogens is 1. The van der Waals surface area contributed by atoms with E-state index in [0.29, 0.717) is 11.9 Å². The summed E-state index contributed by atoms with van der Waals surface area (Å²) >= 11 is 0. The summed E-state index contributed by atoms with van der Waals surface area (Å²) in [6.07, 6.45) is 3.31. The van der Waals surface area contributed by atoms with Gasteiger partial charge in [0.2, 0.25) is 21.9 Å². The number of sulfonamides is 1. The molecule has 27 heavy (non-hydrogen) atoms. The molecule has 0 unspecified atom stereocenters. The zero-order valence-electron chi connectivity index (χ0n) is 15.4. The number of hydrogen-bond acceptors (Lipinski definition) is 7. The highest BCUT2D eigenvalue weighted by atomic mass is 32.2. The van der Waals surface area contributed by atoms with Crippen molar-refractivity contribution in [1.82, 2.24) is 19.7 Å². The van der Waals surface area contributed by atoms with Crippen LogP contribution in [0.5, 0.6) is 0 Å². The molecule has 1 saturated heterocycles. The molecule has 1 N–H and O–H groups in total. The van der Waals surface area contributed by atoms with Crippen LogP contribution < -0.4 is 14.5 Å². The first-order chi connectivity index (χ1) is 12.9. The van der Waals surface area contributed by atoms with Crippen molar-refractivity contribution in [3.8, 4) is 0 Å². The van der Waals surface area contributed by atoms with Crippen molar-refractivity contribution >= 4 is 21.9 Å². The Morgan fingerprint density at radius 3 is 2.48 bits per heavy atom. The van der Waals surface area contributed by atoms with Gasteiger partial charge in [-0.15, -0.1) is 0 Å². The predicted molar refractivity (Wildman–Crippen MR) is 101 cm³/mol. The van der Waals surface area contributed by atoms with Gasteiger partial charge in [0.15, 0.2) is 5.82 Å². The smallest absolute Gasteiger partial charge is 0.243 e. The highest BCUT2D eigenvalue weighted by molar-refractivity contribution is 7.89. The highest BCUT2D eigenvalue weighted by Gasteiger charge is 2.21. The van der Waals surface area contributed by atoms with E-state index in [2.05, 4.69) is 24.6 Å². The Hall–Kier alpha value is -2.33. The maximum atomic E-state index is 13.8. The van der Waals surface area contributed by atoms with Gasteiger partial charge in [-0.2, -0.15) is 15.0 Å². The number of nitrogens with one attached hydrogen (secondary N) is 1. The molecule has 0 spiro atoms. The van der Waals surface area contributed by atoms with Gasteiger partial charge in [0.05, 0.1) is 6.54 Å². The lowest BCUT2D eigenvalue weighted by Crippen LogP contribution is -2.33. The molecule has 1 aromatic carbocycles. The molecule has 1 aliphatic rings. The molecule has 1 aromatic heterocycles. The summed E-state index contributed by atoms with van der Waals surface area (Å²) in [5.74, 6) is 0.469. The maximum Gasteiger partial charge on any atom is 0.243 e. The van der Waals surface area contributed by atoms with Crippen LogP contribution in [0.25, 0.3) is 0 Å². The lowest BCUT2D eigenvalue weighted by molar-refractivity contribution is 0.553. The van der Waals surface area contributed by atoms with Crippen molar-refractivity contribution in [2.45, 2.75) is 30.7 Å². The molecular weight excluding hydrogens is 371 g/mol. The van der Waals surface area contributed by atoms with Crippen molar-refractivity contribution in [3.05, 3.63) is 35.9 Å². The summed E-state index contributed by atoms with van der Waals surface area (Å²) in [6.45, 7) is 1.56. The Kier molecular flexibility index (Phi) is 5.85. The normalized spacial score (nSPS) is 15.0. The molecule has 2 aromatic rings. The van der Waals surface area contributed by atoms with Crippen molar-refractivity contribution in [1.29, 1.82) is 0 Å². The zero-order chi connectivity index (χ0) is 19.4. The lowest BCUT2D eigenvalue weighted by atomic mass is 10.1. The van der Waals surface area contributed by atoms with Crippen molar-refractivity contribution in [3.63, 3.8) is 0 Å². The third-order valence-corrected chi connectivity index (χ3v) is 5.68. The average Bonchev–Trinajstić information content (AvgIpc) is 2.67. The van der Waals surface area contributed by atoms with Crippen LogP contribution in [-0.2, 0) is 16.6 Å². The van der Waals surface area contributed by atoms with Gasteiger partial charge >= 0.3 is 0 Å². The Labute approximate surface area is 158 Å². The van der Waals surface area contributed by atoms with Gasteiger partial charge in [-0.3, -0.25) is 0 Å². The Morgan fingerprint density at radius 2 is 1.81 bits per heavy atom. The first kappa shape index (κ1) is 19.4. The average molecular weight is 394 g/mol. The van der Waals surface area contributed by atoms with Crippen LogP contribution >= 0.6 is 0 Å². The van der Waals surface area contributed by atoms with Gasteiger partial charge in [-0.05, 0) is 31.4 Å². The van der Waals surface area contributed by atoms with E-state index in [-0.39, 0.29) is 12.4 Å². The number of nitrogens with zero attached hydrogens (tertiary/aromatic N) is 5. The lowest BCUT2D eigenvalue weighted by Gasteiger charge is -2.27. The van der Waals surface area contributed by atoms with Crippen LogP contribution in [0, 0.1) is 5.82 Å². The standard InChI is InChI=1S/C17H23FN6O2S/c1-23(2)16-20-15(21-17(22-16)24-10-6-3-7-11-24)12-19-27(25,26)14-9-5-4-8-13(14)18/h4-5,8-9,19H,3,6-7,10-12H2,1-2H3. The zero-order valence-corrected chi connectivity index (χ0v) is 16.2. The third kappa shape index (κ3) is 4.69. The molecule has 0 saturated carbocycles. The summed E-state index contributed by atoms with van der Waals surface area (Å²) in [6, 6.07) is 5.24. The van der Waals surface area contributed by atoms with Crippen molar-refractivity contribution in [2.75, 3.05) is 37.0 Å². The first-order valence-electron chi connectivity index (χ1n) is 8.78. The minimum Gasteiger partial charge on any atom is -0.347 e. The fourth-order valence-corrected chi connectivity index (χ4v) is 3.87. The third-order valence-electron chi connectivity index (χ3n) is 4.24. The number of aromatic nitrogens is 3. The molecule has 0 bridgehead atoms. The monoisotopic (exact) mass is 394 g/mol. The van der Waals surface area contributed by atoms with Crippen molar-refractivity contribution in [2.24, 2.45) is 0 Å². The maximum absolute atomic E-state index is 13.8. The Balaban J connectivity index is 1.83. The first-order valence-corrected chi connectivity index (χ1v) is 10.3. The summed E-state index contributed by atoms with van der Waals surface area (Å²) in [4.78, 5) is 16.6. The highest BCUT2D eigenvalue weighted by Crippen LogP contribution is 2.18. The molecule has 2 heterocycles. The largest absolute Gasteiger partial charge is 0.347 e. The van der Waals surface area contributed by atoms with E-state index in [9.17, 15) is 12.8 Å². The number of rotatable bonds is 6. The number of piperidine rings is 1. The molecule has 1 aliphatic heterocycles. The Morgan fingerprint density at radius 1 is 1.11 bits per heavy atom. The number of anilines is 2. The number of hydrogen-bond donors (Lipinski definition) is 1. The summed E-state index contributed by atoms with van der Waals surface area (Å²) < 4.78 is 41.0.